The van der Waals surface area contributed by atoms with Gasteiger partial charge in [-0.1, -0.05) is 11.8 Å². The Labute approximate surface area is 147 Å². The number of piperidine rings is 1. The molecular weight excluding hydrogens is 320 g/mol. The second kappa shape index (κ2) is 7.43. The van der Waals surface area contributed by atoms with Gasteiger partial charge >= 0.3 is 0 Å². The quantitative estimate of drug-likeness (QED) is 0.785. The summed E-state index contributed by atoms with van der Waals surface area (Å²) in [5, 5.41) is 2.02. The number of fused-ring (bicyclic) bond motifs is 1. The number of aromatic nitrogens is 1. The Kier molecular flexibility index (Phi) is 5.29. The van der Waals surface area contributed by atoms with E-state index in [2.05, 4.69) is 19.9 Å². The number of carbonyl (C=O) groups excluding carboxylic acids is 1. The molecule has 1 fully saturated rings. The van der Waals surface area contributed by atoms with Crippen molar-refractivity contribution in [2.24, 2.45) is 0 Å². The number of benzene rings is 1. The summed E-state index contributed by atoms with van der Waals surface area (Å²) in [5.41, 5.74) is 2.08. The molecule has 128 valence electrons. The lowest BCUT2D eigenvalue weighted by molar-refractivity contribution is -0.131. The van der Waals surface area contributed by atoms with E-state index in [-0.39, 0.29) is 5.91 Å². The standard InChI is InChI=1S/C19H24N2O2S/c1-13-10-18(20-17-11-15(23-3)7-8-16(13)17)24-12-19(22)21-9-5-4-6-14(21)2/h7-8,10-11,14H,4-6,9,12H2,1-3H3. The Morgan fingerprint density at radius 3 is 2.96 bits per heavy atom. The first-order valence-corrected chi connectivity index (χ1v) is 9.44. The molecule has 0 saturated carbocycles. The average molecular weight is 344 g/mol. The molecule has 1 atom stereocenters. The number of likely N-dealkylation sites (tertiary alicyclic amines) is 1. The predicted molar refractivity (Wildman–Crippen MR) is 98.8 cm³/mol. The maximum absolute atomic E-state index is 12.5. The number of nitrogens with zero attached hydrogens (tertiary/aromatic N) is 2. The first-order valence-electron chi connectivity index (χ1n) is 8.46. The van der Waals surface area contributed by atoms with Gasteiger partial charge < -0.3 is 9.64 Å². The van der Waals surface area contributed by atoms with Gasteiger partial charge in [0.25, 0.3) is 0 Å². The van der Waals surface area contributed by atoms with Crippen LogP contribution in [0.1, 0.15) is 31.7 Å². The summed E-state index contributed by atoms with van der Waals surface area (Å²) >= 11 is 1.52. The van der Waals surface area contributed by atoms with Crippen LogP contribution in [-0.2, 0) is 4.79 Å². The third kappa shape index (κ3) is 3.66. The molecule has 4 nitrogen and oxygen atoms in total. The molecule has 5 heteroatoms. The highest BCUT2D eigenvalue weighted by Gasteiger charge is 2.23. The molecule has 24 heavy (non-hydrogen) atoms. The van der Waals surface area contributed by atoms with Gasteiger partial charge in [0, 0.05) is 24.0 Å². The summed E-state index contributed by atoms with van der Waals surface area (Å²) in [6.45, 7) is 5.11. The number of thioether (sulfide) groups is 1. The summed E-state index contributed by atoms with van der Waals surface area (Å²) in [4.78, 5) is 19.2. The van der Waals surface area contributed by atoms with Gasteiger partial charge in [-0.05, 0) is 56.9 Å². The van der Waals surface area contributed by atoms with Crippen LogP contribution < -0.4 is 4.74 Å². The first-order chi connectivity index (χ1) is 11.6. The largest absolute Gasteiger partial charge is 0.497 e. The summed E-state index contributed by atoms with van der Waals surface area (Å²) in [5.74, 6) is 1.47. The van der Waals surface area contributed by atoms with Crippen LogP contribution in [0.5, 0.6) is 5.75 Å². The van der Waals surface area contributed by atoms with Crippen LogP contribution in [0.3, 0.4) is 0 Å². The van der Waals surface area contributed by atoms with E-state index in [1.165, 1.54) is 23.7 Å². The molecule has 0 aliphatic carbocycles. The van der Waals surface area contributed by atoms with Crippen molar-refractivity contribution in [2.75, 3.05) is 19.4 Å². The number of pyridine rings is 1. The average Bonchev–Trinajstić information content (AvgIpc) is 2.59. The van der Waals surface area contributed by atoms with E-state index < -0.39 is 0 Å². The van der Waals surface area contributed by atoms with Crippen molar-refractivity contribution in [1.82, 2.24) is 9.88 Å². The molecule has 1 amide bonds. The number of amides is 1. The minimum atomic E-state index is 0.220. The van der Waals surface area contributed by atoms with E-state index in [0.717, 1.165) is 41.1 Å². The summed E-state index contributed by atoms with van der Waals surface area (Å²) in [6, 6.07) is 8.35. The van der Waals surface area contributed by atoms with E-state index in [1.54, 1.807) is 7.11 Å². The summed E-state index contributed by atoms with van der Waals surface area (Å²) in [7, 11) is 1.66. The molecule has 0 radical (unpaired) electrons. The molecule has 2 heterocycles. The number of aryl methyl sites for hydroxylation is 1. The van der Waals surface area contributed by atoms with Crippen LogP contribution in [0.25, 0.3) is 10.9 Å². The van der Waals surface area contributed by atoms with E-state index in [0.29, 0.717) is 11.8 Å². The predicted octanol–water partition coefficient (Wildman–Crippen LogP) is 4.04. The third-order valence-corrected chi connectivity index (χ3v) is 5.56. The minimum absolute atomic E-state index is 0.220. The lowest BCUT2D eigenvalue weighted by Crippen LogP contribution is -2.42. The Hall–Kier alpha value is -1.75. The zero-order valence-electron chi connectivity index (χ0n) is 14.5. The molecule has 1 aromatic carbocycles. The molecule has 1 aliphatic heterocycles. The van der Waals surface area contributed by atoms with Gasteiger partial charge in [-0.3, -0.25) is 4.79 Å². The molecule has 1 aliphatic rings. The Morgan fingerprint density at radius 2 is 2.21 bits per heavy atom. The normalized spacial score (nSPS) is 18.0. The fraction of sp³-hybridized carbons (Fsp3) is 0.474. The lowest BCUT2D eigenvalue weighted by Gasteiger charge is -2.33. The number of rotatable bonds is 4. The van der Waals surface area contributed by atoms with Gasteiger partial charge in [0.15, 0.2) is 0 Å². The van der Waals surface area contributed by atoms with Crippen molar-refractivity contribution in [2.45, 2.75) is 44.2 Å². The highest BCUT2D eigenvalue weighted by Crippen LogP contribution is 2.27. The second-order valence-electron chi connectivity index (χ2n) is 6.38. The van der Waals surface area contributed by atoms with Gasteiger partial charge in [0.2, 0.25) is 5.91 Å². The molecule has 1 unspecified atom stereocenters. The van der Waals surface area contributed by atoms with Crippen LogP contribution in [-0.4, -0.2) is 41.2 Å². The fourth-order valence-electron chi connectivity index (χ4n) is 3.24. The SMILES string of the molecule is COc1ccc2c(C)cc(SCC(=O)N3CCCCC3C)nc2c1. The maximum Gasteiger partial charge on any atom is 0.233 e. The van der Waals surface area contributed by atoms with Gasteiger partial charge in [-0.25, -0.2) is 4.98 Å². The smallest absolute Gasteiger partial charge is 0.233 e. The molecular formula is C19H24N2O2S. The molecule has 3 rings (SSSR count). The van der Waals surface area contributed by atoms with Gasteiger partial charge in [-0.15, -0.1) is 0 Å². The zero-order valence-corrected chi connectivity index (χ0v) is 15.4. The van der Waals surface area contributed by atoms with Crippen molar-refractivity contribution in [1.29, 1.82) is 0 Å². The van der Waals surface area contributed by atoms with Crippen LogP contribution in [0.2, 0.25) is 0 Å². The van der Waals surface area contributed by atoms with Crippen molar-refractivity contribution >= 4 is 28.6 Å². The van der Waals surface area contributed by atoms with Crippen molar-refractivity contribution in [3.05, 3.63) is 29.8 Å². The maximum atomic E-state index is 12.5. The van der Waals surface area contributed by atoms with Crippen LogP contribution >= 0.6 is 11.8 Å². The van der Waals surface area contributed by atoms with Crippen molar-refractivity contribution < 1.29 is 9.53 Å². The molecule has 0 N–H and O–H groups in total. The van der Waals surface area contributed by atoms with E-state index in [9.17, 15) is 4.79 Å². The number of carbonyl (C=O) groups is 1. The number of methoxy groups -OCH3 is 1. The van der Waals surface area contributed by atoms with E-state index in [4.69, 9.17) is 9.72 Å². The van der Waals surface area contributed by atoms with Crippen molar-refractivity contribution in [3.63, 3.8) is 0 Å². The van der Waals surface area contributed by atoms with Crippen LogP contribution in [0.4, 0.5) is 0 Å². The highest BCUT2D eigenvalue weighted by molar-refractivity contribution is 7.99. The Balaban J connectivity index is 1.73. The molecule has 2 aromatic rings. The van der Waals surface area contributed by atoms with Crippen LogP contribution in [0.15, 0.2) is 29.3 Å². The third-order valence-electron chi connectivity index (χ3n) is 4.67. The Bertz CT molecular complexity index is 747. The topological polar surface area (TPSA) is 42.4 Å². The fourth-order valence-corrected chi connectivity index (χ4v) is 4.10. The number of ether oxygens (including phenoxy) is 1. The van der Waals surface area contributed by atoms with E-state index >= 15 is 0 Å². The van der Waals surface area contributed by atoms with Crippen LogP contribution in [0, 0.1) is 6.92 Å². The van der Waals surface area contributed by atoms with Gasteiger partial charge in [-0.2, -0.15) is 0 Å². The van der Waals surface area contributed by atoms with Gasteiger partial charge in [0.1, 0.15) is 5.75 Å². The monoisotopic (exact) mass is 344 g/mol. The van der Waals surface area contributed by atoms with Crippen molar-refractivity contribution in [3.8, 4) is 5.75 Å². The molecule has 1 aromatic heterocycles. The molecule has 0 spiro atoms. The zero-order chi connectivity index (χ0) is 17.1. The Morgan fingerprint density at radius 1 is 1.38 bits per heavy atom. The lowest BCUT2D eigenvalue weighted by atomic mass is 10.0. The second-order valence-corrected chi connectivity index (χ2v) is 7.38. The molecule has 0 bridgehead atoms. The summed E-state index contributed by atoms with van der Waals surface area (Å²) in [6.07, 6.45) is 3.46. The van der Waals surface area contributed by atoms with E-state index in [1.807, 2.05) is 23.1 Å². The minimum Gasteiger partial charge on any atom is -0.497 e. The highest BCUT2D eigenvalue weighted by atomic mass is 32.2. The number of hydrogen-bond donors (Lipinski definition) is 0. The molecule has 1 saturated heterocycles. The summed E-state index contributed by atoms with van der Waals surface area (Å²) < 4.78 is 5.28. The number of hydrogen-bond acceptors (Lipinski definition) is 4. The first kappa shape index (κ1) is 17.1. The van der Waals surface area contributed by atoms with Gasteiger partial charge in [0.05, 0.1) is 23.4 Å².